The number of hydrogen-bond acceptors (Lipinski definition) is 5. The Morgan fingerprint density at radius 1 is 1.08 bits per heavy atom. The summed E-state index contributed by atoms with van der Waals surface area (Å²) in [6.07, 6.45) is -3.30. The highest BCUT2D eigenvalue weighted by atomic mass is 32.2. The molecule has 0 atom stereocenters. The number of carboxylic acid groups (broad SMARTS) is 1. The van der Waals surface area contributed by atoms with Crippen molar-refractivity contribution in [3.05, 3.63) is 42.0 Å². The third-order valence-electron chi connectivity index (χ3n) is 3.71. The van der Waals surface area contributed by atoms with Crippen molar-refractivity contribution in [2.24, 2.45) is 0 Å². The molecule has 11 heteroatoms. The molecule has 0 saturated carbocycles. The first-order chi connectivity index (χ1) is 12.0. The number of rotatable bonds is 4. The number of sulfonamides is 1. The molecule has 1 aromatic rings. The monoisotopic (exact) mass is 391 g/mol. The van der Waals surface area contributed by atoms with Crippen molar-refractivity contribution < 1.29 is 36.3 Å². The molecule has 2 rings (SSSR count). The van der Waals surface area contributed by atoms with E-state index in [1.165, 1.54) is 4.90 Å². The Balaban J connectivity index is 2.11. The standard InChI is InChI=1S/C15H15F3N2O5S/c16-15(17,18)11-2-1-3-12(10-11)26(24,25)20-8-6-19(7-9-20)13(21)4-5-14(22)23/h1-5,10H,6-9H2,(H,22,23)/p-1/b5-4+. The zero-order chi connectivity index (χ0) is 19.5. The maximum atomic E-state index is 12.8. The van der Waals surface area contributed by atoms with E-state index in [1.54, 1.807) is 0 Å². The summed E-state index contributed by atoms with van der Waals surface area (Å²) in [7, 11) is -4.15. The molecule has 1 heterocycles. The van der Waals surface area contributed by atoms with Crippen LogP contribution < -0.4 is 5.11 Å². The molecule has 0 spiro atoms. The van der Waals surface area contributed by atoms with E-state index in [1.807, 2.05) is 0 Å². The second-order valence-electron chi connectivity index (χ2n) is 5.41. The molecular weight excluding hydrogens is 377 g/mol. The summed E-state index contributed by atoms with van der Waals surface area (Å²) in [6, 6.07) is 3.43. The highest BCUT2D eigenvalue weighted by molar-refractivity contribution is 7.89. The molecule has 1 amide bonds. The lowest BCUT2D eigenvalue weighted by atomic mass is 10.2. The normalized spacial score (nSPS) is 16.8. The third-order valence-corrected chi connectivity index (χ3v) is 5.61. The van der Waals surface area contributed by atoms with Gasteiger partial charge in [-0.2, -0.15) is 17.5 Å². The van der Waals surface area contributed by atoms with Gasteiger partial charge in [-0.1, -0.05) is 6.07 Å². The van der Waals surface area contributed by atoms with Gasteiger partial charge in [0.05, 0.1) is 16.4 Å². The molecule has 1 saturated heterocycles. The van der Waals surface area contributed by atoms with E-state index in [4.69, 9.17) is 0 Å². The van der Waals surface area contributed by atoms with E-state index in [9.17, 15) is 36.3 Å². The summed E-state index contributed by atoms with van der Waals surface area (Å²) in [4.78, 5) is 22.8. The Kier molecular flexibility index (Phi) is 5.71. The number of carboxylic acids is 1. The fraction of sp³-hybridized carbons (Fsp3) is 0.333. The minimum absolute atomic E-state index is 0.0194. The Labute approximate surface area is 147 Å². The number of carbonyl (C=O) groups excluding carboxylic acids is 2. The van der Waals surface area contributed by atoms with Gasteiger partial charge in [-0.3, -0.25) is 4.79 Å². The summed E-state index contributed by atoms with van der Waals surface area (Å²) >= 11 is 0. The van der Waals surface area contributed by atoms with E-state index in [2.05, 4.69) is 0 Å². The Morgan fingerprint density at radius 3 is 2.23 bits per heavy atom. The SMILES string of the molecule is O=C([O-])/C=C/C(=O)N1CCN(S(=O)(=O)c2cccc(C(F)(F)F)c2)CC1. The van der Waals surface area contributed by atoms with Gasteiger partial charge in [-0.15, -0.1) is 0 Å². The van der Waals surface area contributed by atoms with E-state index >= 15 is 0 Å². The molecule has 0 bridgehead atoms. The highest BCUT2D eigenvalue weighted by Gasteiger charge is 2.34. The summed E-state index contributed by atoms with van der Waals surface area (Å²) in [5.41, 5.74) is -1.07. The molecule has 142 valence electrons. The number of nitrogens with zero attached hydrogens (tertiary/aromatic N) is 2. The molecule has 0 aliphatic carbocycles. The van der Waals surface area contributed by atoms with Crippen LogP contribution in [0.3, 0.4) is 0 Å². The zero-order valence-electron chi connectivity index (χ0n) is 13.3. The molecule has 0 aromatic heterocycles. The molecule has 1 aliphatic heterocycles. The number of alkyl halides is 3. The highest BCUT2D eigenvalue weighted by Crippen LogP contribution is 2.31. The Morgan fingerprint density at radius 2 is 1.69 bits per heavy atom. The smallest absolute Gasteiger partial charge is 0.416 e. The molecule has 0 unspecified atom stereocenters. The number of hydrogen-bond donors (Lipinski definition) is 0. The molecule has 1 aliphatic rings. The molecule has 0 N–H and O–H groups in total. The number of aliphatic carboxylic acids is 1. The van der Waals surface area contributed by atoms with Crippen LogP contribution in [0.2, 0.25) is 0 Å². The predicted octanol–water partition coefficient (Wildman–Crippen LogP) is -0.156. The third kappa shape index (κ3) is 4.61. The minimum atomic E-state index is -4.66. The van der Waals surface area contributed by atoms with E-state index in [0.29, 0.717) is 12.1 Å². The van der Waals surface area contributed by atoms with Crippen molar-refractivity contribution in [3.63, 3.8) is 0 Å². The number of benzene rings is 1. The lowest BCUT2D eigenvalue weighted by molar-refractivity contribution is -0.297. The molecule has 1 fully saturated rings. The van der Waals surface area contributed by atoms with Gasteiger partial charge in [-0.05, 0) is 24.3 Å². The molecule has 0 radical (unpaired) electrons. The lowest BCUT2D eigenvalue weighted by Gasteiger charge is -2.33. The van der Waals surface area contributed by atoms with Crippen molar-refractivity contribution >= 4 is 21.9 Å². The number of amides is 1. The molecule has 26 heavy (non-hydrogen) atoms. The topological polar surface area (TPSA) is 97.8 Å². The quantitative estimate of drug-likeness (QED) is 0.665. The maximum Gasteiger partial charge on any atom is 0.416 e. The van der Waals surface area contributed by atoms with E-state index in [0.717, 1.165) is 28.6 Å². The molecule has 1 aromatic carbocycles. The number of carbonyl (C=O) groups is 2. The van der Waals surface area contributed by atoms with Crippen LogP contribution in [-0.4, -0.2) is 55.7 Å². The van der Waals surface area contributed by atoms with Crippen LogP contribution in [0.4, 0.5) is 13.2 Å². The minimum Gasteiger partial charge on any atom is -0.545 e. The first-order valence-corrected chi connectivity index (χ1v) is 8.81. The fourth-order valence-corrected chi connectivity index (χ4v) is 3.84. The fourth-order valence-electron chi connectivity index (χ4n) is 2.38. The van der Waals surface area contributed by atoms with Gasteiger partial charge in [-0.25, -0.2) is 8.42 Å². The van der Waals surface area contributed by atoms with Crippen LogP contribution >= 0.6 is 0 Å². The Bertz CT molecular complexity index is 828. The van der Waals surface area contributed by atoms with Crippen LogP contribution in [0.25, 0.3) is 0 Å². The van der Waals surface area contributed by atoms with E-state index in [-0.39, 0.29) is 26.2 Å². The summed E-state index contributed by atoms with van der Waals surface area (Å²) in [5, 5.41) is 10.3. The van der Waals surface area contributed by atoms with Gasteiger partial charge in [0.25, 0.3) is 0 Å². The van der Waals surface area contributed by atoms with Gasteiger partial charge in [0, 0.05) is 32.3 Å². The molecular formula is C15H14F3N2O5S-. The second kappa shape index (κ2) is 7.46. The first kappa shape index (κ1) is 19.9. The largest absolute Gasteiger partial charge is 0.545 e. The van der Waals surface area contributed by atoms with Crippen molar-refractivity contribution in [2.75, 3.05) is 26.2 Å². The molecule has 7 nitrogen and oxygen atoms in total. The maximum absolute atomic E-state index is 12.8. The van der Waals surface area contributed by atoms with Crippen molar-refractivity contribution in [1.29, 1.82) is 0 Å². The van der Waals surface area contributed by atoms with Crippen molar-refractivity contribution in [1.82, 2.24) is 9.21 Å². The van der Waals surface area contributed by atoms with Crippen molar-refractivity contribution in [3.8, 4) is 0 Å². The van der Waals surface area contributed by atoms with E-state index < -0.39 is 38.5 Å². The lowest BCUT2D eigenvalue weighted by Crippen LogP contribution is -2.50. The first-order valence-electron chi connectivity index (χ1n) is 7.37. The van der Waals surface area contributed by atoms with Crippen LogP contribution in [0.5, 0.6) is 0 Å². The van der Waals surface area contributed by atoms with Crippen LogP contribution in [0.15, 0.2) is 41.3 Å². The van der Waals surface area contributed by atoms with Crippen LogP contribution in [-0.2, 0) is 25.8 Å². The van der Waals surface area contributed by atoms with Gasteiger partial charge < -0.3 is 14.8 Å². The van der Waals surface area contributed by atoms with Gasteiger partial charge >= 0.3 is 6.18 Å². The summed E-state index contributed by atoms with van der Waals surface area (Å²) < 4.78 is 64.3. The summed E-state index contributed by atoms with van der Waals surface area (Å²) in [5.74, 6) is -2.16. The average Bonchev–Trinajstić information content (AvgIpc) is 2.59. The van der Waals surface area contributed by atoms with Gasteiger partial charge in [0.2, 0.25) is 15.9 Å². The van der Waals surface area contributed by atoms with Crippen molar-refractivity contribution in [2.45, 2.75) is 11.1 Å². The summed E-state index contributed by atoms with van der Waals surface area (Å²) in [6.45, 7) is -0.282. The number of halogens is 3. The Hall–Kier alpha value is -2.40. The average molecular weight is 391 g/mol. The van der Waals surface area contributed by atoms with Gasteiger partial charge in [0.1, 0.15) is 0 Å². The van der Waals surface area contributed by atoms with Crippen LogP contribution in [0, 0.1) is 0 Å². The zero-order valence-corrected chi connectivity index (χ0v) is 14.1. The van der Waals surface area contributed by atoms with Crippen LogP contribution in [0.1, 0.15) is 5.56 Å². The number of piperazine rings is 1. The van der Waals surface area contributed by atoms with Gasteiger partial charge in [0.15, 0.2) is 0 Å². The predicted molar refractivity (Wildman–Crippen MR) is 80.9 cm³/mol. The second-order valence-corrected chi connectivity index (χ2v) is 7.35.